The molecule has 3 N–H and O–H groups in total. The van der Waals surface area contributed by atoms with Crippen LogP contribution in [0.25, 0.3) is 0 Å². The van der Waals surface area contributed by atoms with E-state index < -0.39 is 11.5 Å². The van der Waals surface area contributed by atoms with Crippen LogP contribution in [0.5, 0.6) is 0 Å². The summed E-state index contributed by atoms with van der Waals surface area (Å²) < 4.78 is 0. The van der Waals surface area contributed by atoms with Crippen LogP contribution >= 0.6 is 0 Å². The van der Waals surface area contributed by atoms with Gasteiger partial charge in [0.15, 0.2) is 0 Å². The highest BCUT2D eigenvalue weighted by Crippen LogP contribution is 2.17. The molecule has 0 spiro atoms. The van der Waals surface area contributed by atoms with Crippen molar-refractivity contribution < 1.29 is 9.90 Å². The standard InChI is InChI=1S/C9H12N2O2/c1-6-3-7(5-11-4-6)9(2,10)8(12)13/h3-5H,10H2,1-2H3,(H,12,13). The molecule has 1 aromatic rings. The molecule has 0 aliphatic rings. The van der Waals surface area contributed by atoms with Crippen LogP contribution in [0, 0.1) is 6.92 Å². The number of hydrogen-bond donors (Lipinski definition) is 2. The largest absolute Gasteiger partial charge is 0.480 e. The number of carbonyl (C=O) groups is 1. The Kier molecular flexibility index (Phi) is 2.34. The molecule has 1 atom stereocenters. The fraction of sp³-hybridized carbons (Fsp3) is 0.333. The van der Waals surface area contributed by atoms with Crippen molar-refractivity contribution in [3.63, 3.8) is 0 Å². The Balaban J connectivity index is 3.14. The molecule has 0 aromatic carbocycles. The molecule has 0 saturated heterocycles. The number of aliphatic carboxylic acids is 1. The topological polar surface area (TPSA) is 76.2 Å². The number of nitrogens with zero attached hydrogens (tertiary/aromatic N) is 1. The number of nitrogens with two attached hydrogens (primary N) is 1. The lowest BCUT2D eigenvalue weighted by Crippen LogP contribution is -2.41. The molecule has 0 aliphatic heterocycles. The van der Waals surface area contributed by atoms with Gasteiger partial charge in [-0.2, -0.15) is 0 Å². The molecule has 1 heterocycles. The Morgan fingerprint density at radius 3 is 2.69 bits per heavy atom. The van der Waals surface area contributed by atoms with Gasteiger partial charge in [0.25, 0.3) is 0 Å². The van der Waals surface area contributed by atoms with Crippen molar-refractivity contribution in [2.45, 2.75) is 19.4 Å². The van der Waals surface area contributed by atoms with Gasteiger partial charge in [-0.25, -0.2) is 4.79 Å². The molecule has 4 heteroatoms. The Labute approximate surface area is 76.4 Å². The molecule has 1 aromatic heterocycles. The first-order chi connectivity index (χ1) is 5.94. The lowest BCUT2D eigenvalue weighted by Gasteiger charge is -2.19. The third-order valence-electron chi connectivity index (χ3n) is 1.92. The maximum absolute atomic E-state index is 10.8. The van der Waals surface area contributed by atoms with Gasteiger partial charge in [-0.05, 0) is 19.4 Å². The van der Waals surface area contributed by atoms with E-state index in [1.165, 1.54) is 13.1 Å². The zero-order valence-corrected chi connectivity index (χ0v) is 7.61. The van der Waals surface area contributed by atoms with Crippen LogP contribution in [0.15, 0.2) is 18.5 Å². The molecule has 0 amide bonds. The van der Waals surface area contributed by atoms with Crippen molar-refractivity contribution in [3.8, 4) is 0 Å². The summed E-state index contributed by atoms with van der Waals surface area (Å²) in [6.45, 7) is 3.29. The Morgan fingerprint density at radius 2 is 2.23 bits per heavy atom. The summed E-state index contributed by atoms with van der Waals surface area (Å²) in [4.78, 5) is 14.7. The number of aryl methyl sites for hydroxylation is 1. The average molecular weight is 180 g/mol. The summed E-state index contributed by atoms with van der Waals surface area (Å²) in [5.74, 6) is -1.06. The predicted octanol–water partition coefficient (Wildman–Crippen LogP) is 0.649. The van der Waals surface area contributed by atoms with E-state index in [9.17, 15) is 4.79 Å². The van der Waals surface area contributed by atoms with Crippen LogP contribution in [0.3, 0.4) is 0 Å². The smallest absolute Gasteiger partial charge is 0.328 e. The van der Waals surface area contributed by atoms with Gasteiger partial charge >= 0.3 is 5.97 Å². The van der Waals surface area contributed by atoms with E-state index in [0.717, 1.165) is 5.56 Å². The number of aromatic nitrogens is 1. The molecule has 0 fully saturated rings. The van der Waals surface area contributed by atoms with Gasteiger partial charge in [-0.3, -0.25) is 4.98 Å². The minimum Gasteiger partial charge on any atom is -0.480 e. The van der Waals surface area contributed by atoms with Gasteiger partial charge in [0, 0.05) is 18.0 Å². The van der Waals surface area contributed by atoms with Gasteiger partial charge in [-0.15, -0.1) is 0 Å². The fourth-order valence-corrected chi connectivity index (χ4v) is 0.962. The highest BCUT2D eigenvalue weighted by atomic mass is 16.4. The Bertz CT molecular complexity index is 334. The molecular weight excluding hydrogens is 168 g/mol. The third-order valence-corrected chi connectivity index (χ3v) is 1.92. The van der Waals surface area contributed by atoms with Crippen molar-refractivity contribution in [1.82, 2.24) is 4.98 Å². The highest BCUT2D eigenvalue weighted by molar-refractivity contribution is 5.79. The number of pyridine rings is 1. The molecule has 1 unspecified atom stereocenters. The van der Waals surface area contributed by atoms with E-state index in [2.05, 4.69) is 4.98 Å². The van der Waals surface area contributed by atoms with Crippen molar-refractivity contribution in [3.05, 3.63) is 29.6 Å². The first kappa shape index (κ1) is 9.67. The van der Waals surface area contributed by atoms with E-state index >= 15 is 0 Å². The molecule has 1 rings (SSSR count). The molecule has 0 aliphatic carbocycles. The first-order valence-electron chi connectivity index (χ1n) is 3.89. The van der Waals surface area contributed by atoms with Crippen LogP contribution in [0.1, 0.15) is 18.1 Å². The first-order valence-corrected chi connectivity index (χ1v) is 3.89. The third kappa shape index (κ3) is 1.84. The van der Waals surface area contributed by atoms with Crippen molar-refractivity contribution in [2.24, 2.45) is 5.73 Å². The SMILES string of the molecule is Cc1cncc(C(C)(N)C(=O)O)c1. The maximum atomic E-state index is 10.8. The second-order valence-corrected chi connectivity index (χ2v) is 3.26. The van der Waals surface area contributed by atoms with Crippen molar-refractivity contribution in [1.29, 1.82) is 0 Å². The van der Waals surface area contributed by atoms with Crippen LogP contribution in [0.2, 0.25) is 0 Å². The molecule has 0 saturated carbocycles. The Hall–Kier alpha value is -1.42. The lowest BCUT2D eigenvalue weighted by molar-refractivity contribution is -0.143. The quantitative estimate of drug-likeness (QED) is 0.700. The van der Waals surface area contributed by atoms with Gasteiger partial charge in [0.05, 0.1) is 0 Å². The van der Waals surface area contributed by atoms with Gasteiger partial charge in [0.2, 0.25) is 0 Å². The van der Waals surface area contributed by atoms with E-state index in [0.29, 0.717) is 5.56 Å². The molecule has 0 radical (unpaired) electrons. The van der Waals surface area contributed by atoms with Crippen molar-refractivity contribution in [2.75, 3.05) is 0 Å². The summed E-state index contributed by atoms with van der Waals surface area (Å²) in [5, 5.41) is 8.83. The van der Waals surface area contributed by atoms with Gasteiger partial charge < -0.3 is 10.8 Å². The van der Waals surface area contributed by atoms with E-state index in [4.69, 9.17) is 10.8 Å². The van der Waals surface area contributed by atoms with Crippen LogP contribution in [0.4, 0.5) is 0 Å². The number of carboxylic acids is 1. The number of hydrogen-bond acceptors (Lipinski definition) is 3. The van der Waals surface area contributed by atoms with E-state index in [1.807, 2.05) is 6.92 Å². The molecule has 0 bridgehead atoms. The summed E-state index contributed by atoms with van der Waals surface area (Å²) >= 11 is 0. The molecule has 13 heavy (non-hydrogen) atoms. The average Bonchev–Trinajstić information content (AvgIpc) is 2.04. The highest BCUT2D eigenvalue weighted by Gasteiger charge is 2.30. The van der Waals surface area contributed by atoms with Crippen LogP contribution in [-0.2, 0) is 10.3 Å². The maximum Gasteiger partial charge on any atom is 0.328 e. The van der Waals surface area contributed by atoms with Crippen LogP contribution < -0.4 is 5.73 Å². The predicted molar refractivity (Wildman–Crippen MR) is 48.1 cm³/mol. The van der Waals surface area contributed by atoms with E-state index in [-0.39, 0.29) is 0 Å². The van der Waals surface area contributed by atoms with Crippen LogP contribution in [-0.4, -0.2) is 16.1 Å². The second-order valence-electron chi connectivity index (χ2n) is 3.26. The molecule has 4 nitrogen and oxygen atoms in total. The summed E-state index contributed by atoms with van der Waals surface area (Å²) in [5.41, 5.74) is 5.66. The van der Waals surface area contributed by atoms with E-state index in [1.54, 1.807) is 12.3 Å². The zero-order valence-electron chi connectivity index (χ0n) is 7.61. The summed E-state index contributed by atoms with van der Waals surface area (Å²) in [7, 11) is 0. The Morgan fingerprint density at radius 1 is 1.62 bits per heavy atom. The second kappa shape index (κ2) is 3.14. The number of rotatable bonds is 2. The van der Waals surface area contributed by atoms with Gasteiger partial charge in [-0.1, -0.05) is 6.07 Å². The zero-order chi connectivity index (χ0) is 10.1. The number of carboxylic acid groups (broad SMARTS) is 1. The minimum atomic E-state index is -1.36. The lowest BCUT2D eigenvalue weighted by atomic mass is 9.94. The summed E-state index contributed by atoms with van der Waals surface area (Å²) in [6, 6.07) is 1.72. The summed E-state index contributed by atoms with van der Waals surface area (Å²) in [6.07, 6.45) is 3.13. The normalized spacial score (nSPS) is 15.0. The van der Waals surface area contributed by atoms with Gasteiger partial charge in [0.1, 0.15) is 5.54 Å². The monoisotopic (exact) mass is 180 g/mol. The van der Waals surface area contributed by atoms with Crippen molar-refractivity contribution >= 4 is 5.97 Å². The minimum absolute atomic E-state index is 0.514. The fourth-order valence-electron chi connectivity index (χ4n) is 0.962. The molecule has 70 valence electrons. The molecular formula is C9H12N2O2.